The first-order valence-corrected chi connectivity index (χ1v) is 7.70. The molecule has 1 atom stereocenters. The Kier molecular flexibility index (Phi) is 5.05. The molecule has 1 N–H and O–H groups in total. The SMILES string of the molecule is CCNC(CN1CCOC(C)(C)C1)C1CCCC1. The molecule has 0 aromatic carbocycles. The largest absolute Gasteiger partial charge is 0.373 e. The zero-order valence-electron chi connectivity index (χ0n) is 12.4. The molecule has 3 nitrogen and oxygen atoms in total. The fraction of sp³-hybridized carbons (Fsp3) is 1.00. The van der Waals surface area contributed by atoms with Gasteiger partial charge in [-0.25, -0.2) is 0 Å². The maximum Gasteiger partial charge on any atom is 0.0753 e. The van der Waals surface area contributed by atoms with Crippen molar-refractivity contribution in [3.05, 3.63) is 0 Å². The molecule has 1 saturated heterocycles. The van der Waals surface area contributed by atoms with Crippen LogP contribution in [0.4, 0.5) is 0 Å². The third kappa shape index (κ3) is 3.94. The van der Waals surface area contributed by atoms with Gasteiger partial charge in [0.2, 0.25) is 0 Å². The van der Waals surface area contributed by atoms with Crippen LogP contribution < -0.4 is 5.32 Å². The van der Waals surface area contributed by atoms with Gasteiger partial charge in [-0.1, -0.05) is 19.8 Å². The summed E-state index contributed by atoms with van der Waals surface area (Å²) in [7, 11) is 0. The Hall–Kier alpha value is -0.120. The first-order chi connectivity index (χ1) is 8.61. The molecule has 18 heavy (non-hydrogen) atoms. The molecule has 0 spiro atoms. The summed E-state index contributed by atoms with van der Waals surface area (Å²) in [5.74, 6) is 0.899. The number of likely N-dealkylation sites (N-methyl/N-ethyl adjacent to an activating group) is 1. The van der Waals surface area contributed by atoms with E-state index in [0.29, 0.717) is 6.04 Å². The van der Waals surface area contributed by atoms with Crippen LogP contribution in [-0.2, 0) is 4.74 Å². The van der Waals surface area contributed by atoms with Crippen molar-refractivity contribution in [3.63, 3.8) is 0 Å². The van der Waals surface area contributed by atoms with Crippen LogP contribution in [0.3, 0.4) is 0 Å². The molecule has 2 aliphatic rings. The molecule has 1 saturated carbocycles. The maximum absolute atomic E-state index is 5.80. The molecule has 106 valence electrons. The molecule has 0 amide bonds. The zero-order valence-corrected chi connectivity index (χ0v) is 12.4. The van der Waals surface area contributed by atoms with Gasteiger partial charge in [0.15, 0.2) is 0 Å². The normalized spacial score (nSPS) is 27.5. The van der Waals surface area contributed by atoms with Crippen molar-refractivity contribution in [2.75, 3.05) is 32.8 Å². The van der Waals surface area contributed by atoms with Crippen LogP contribution in [0.15, 0.2) is 0 Å². The van der Waals surface area contributed by atoms with Gasteiger partial charge in [-0.2, -0.15) is 0 Å². The highest BCUT2D eigenvalue weighted by atomic mass is 16.5. The molecular formula is C15H30N2O. The van der Waals surface area contributed by atoms with Crippen molar-refractivity contribution in [2.45, 2.75) is 58.1 Å². The molecule has 2 rings (SSSR count). The van der Waals surface area contributed by atoms with E-state index >= 15 is 0 Å². The monoisotopic (exact) mass is 254 g/mol. The van der Waals surface area contributed by atoms with Gasteiger partial charge in [0.05, 0.1) is 12.2 Å². The molecule has 0 aromatic rings. The zero-order chi connectivity index (χ0) is 13.0. The van der Waals surface area contributed by atoms with Crippen molar-refractivity contribution in [2.24, 2.45) is 5.92 Å². The standard InChI is InChI=1S/C15H30N2O/c1-4-16-14(13-7-5-6-8-13)11-17-9-10-18-15(2,3)12-17/h13-14,16H,4-12H2,1-3H3. The summed E-state index contributed by atoms with van der Waals surface area (Å²) >= 11 is 0. The van der Waals surface area contributed by atoms with E-state index in [4.69, 9.17) is 4.74 Å². The molecule has 1 heterocycles. The number of rotatable bonds is 5. The van der Waals surface area contributed by atoms with Gasteiger partial charge in [0, 0.05) is 25.7 Å². The van der Waals surface area contributed by atoms with Crippen LogP contribution in [-0.4, -0.2) is 49.3 Å². The minimum atomic E-state index is 0.0324. The molecule has 1 unspecified atom stereocenters. The highest BCUT2D eigenvalue weighted by Crippen LogP contribution is 2.28. The van der Waals surface area contributed by atoms with Crippen LogP contribution in [0.5, 0.6) is 0 Å². The Morgan fingerprint density at radius 1 is 1.33 bits per heavy atom. The third-order valence-corrected chi connectivity index (χ3v) is 4.39. The van der Waals surface area contributed by atoms with E-state index in [0.717, 1.165) is 32.2 Å². The molecule has 3 heteroatoms. The molecule has 1 aliphatic heterocycles. The van der Waals surface area contributed by atoms with Gasteiger partial charge < -0.3 is 10.1 Å². The highest BCUT2D eigenvalue weighted by molar-refractivity contribution is 4.86. The number of hydrogen-bond donors (Lipinski definition) is 1. The van der Waals surface area contributed by atoms with Crippen LogP contribution in [0.25, 0.3) is 0 Å². The second-order valence-electron chi connectivity index (χ2n) is 6.55. The lowest BCUT2D eigenvalue weighted by atomic mass is 9.96. The Balaban J connectivity index is 1.87. The first kappa shape index (κ1) is 14.3. The summed E-state index contributed by atoms with van der Waals surface area (Å²) in [5, 5.41) is 3.72. The smallest absolute Gasteiger partial charge is 0.0753 e. The van der Waals surface area contributed by atoms with Gasteiger partial charge in [-0.3, -0.25) is 4.90 Å². The van der Waals surface area contributed by atoms with Gasteiger partial charge in [-0.15, -0.1) is 0 Å². The number of nitrogens with zero attached hydrogens (tertiary/aromatic N) is 1. The van der Waals surface area contributed by atoms with Crippen molar-refractivity contribution in [3.8, 4) is 0 Å². The fourth-order valence-corrected chi connectivity index (χ4v) is 3.55. The molecule has 0 radical (unpaired) electrons. The topological polar surface area (TPSA) is 24.5 Å². The van der Waals surface area contributed by atoms with Gasteiger partial charge in [0.1, 0.15) is 0 Å². The number of hydrogen-bond acceptors (Lipinski definition) is 3. The van der Waals surface area contributed by atoms with Crippen LogP contribution in [0.1, 0.15) is 46.5 Å². The van der Waals surface area contributed by atoms with Gasteiger partial charge >= 0.3 is 0 Å². The van der Waals surface area contributed by atoms with E-state index in [1.165, 1.54) is 32.2 Å². The average molecular weight is 254 g/mol. The Labute approximate surface area is 112 Å². The summed E-state index contributed by atoms with van der Waals surface area (Å²) in [5.41, 5.74) is 0.0324. The second kappa shape index (κ2) is 6.36. The summed E-state index contributed by atoms with van der Waals surface area (Å²) in [6, 6.07) is 0.686. The Bertz CT molecular complexity index is 249. The number of ether oxygens (including phenoxy) is 1. The molecule has 0 bridgehead atoms. The minimum absolute atomic E-state index is 0.0324. The maximum atomic E-state index is 5.80. The van der Waals surface area contributed by atoms with E-state index in [1.54, 1.807) is 0 Å². The van der Waals surface area contributed by atoms with Crippen LogP contribution >= 0.6 is 0 Å². The van der Waals surface area contributed by atoms with E-state index in [1.807, 2.05) is 0 Å². The van der Waals surface area contributed by atoms with E-state index in [-0.39, 0.29) is 5.60 Å². The van der Waals surface area contributed by atoms with Crippen molar-refractivity contribution in [1.29, 1.82) is 0 Å². The van der Waals surface area contributed by atoms with Crippen LogP contribution in [0, 0.1) is 5.92 Å². The first-order valence-electron chi connectivity index (χ1n) is 7.70. The summed E-state index contributed by atoms with van der Waals surface area (Å²) in [4.78, 5) is 2.59. The molecular weight excluding hydrogens is 224 g/mol. The van der Waals surface area contributed by atoms with E-state index in [9.17, 15) is 0 Å². The van der Waals surface area contributed by atoms with Crippen LogP contribution in [0.2, 0.25) is 0 Å². The van der Waals surface area contributed by atoms with Crippen molar-refractivity contribution >= 4 is 0 Å². The Morgan fingerprint density at radius 2 is 2.06 bits per heavy atom. The molecule has 1 aliphatic carbocycles. The summed E-state index contributed by atoms with van der Waals surface area (Å²) < 4.78 is 5.80. The fourth-order valence-electron chi connectivity index (χ4n) is 3.55. The summed E-state index contributed by atoms with van der Waals surface area (Å²) in [6.07, 6.45) is 5.71. The molecule has 2 fully saturated rings. The quantitative estimate of drug-likeness (QED) is 0.814. The van der Waals surface area contributed by atoms with Crippen molar-refractivity contribution in [1.82, 2.24) is 10.2 Å². The predicted molar refractivity (Wildman–Crippen MR) is 75.9 cm³/mol. The Morgan fingerprint density at radius 3 is 2.67 bits per heavy atom. The lowest BCUT2D eigenvalue weighted by Crippen LogP contribution is -2.53. The van der Waals surface area contributed by atoms with Gasteiger partial charge in [-0.05, 0) is 39.2 Å². The third-order valence-electron chi connectivity index (χ3n) is 4.39. The highest BCUT2D eigenvalue weighted by Gasteiger charge is 2.31. The number of morpholine rings is 1. The van der Waals surface area contributed by atoms with Crippen molar-refractivity contribution < 1.29 is 4.74 Å². The number of nitrogens with one attached hydrogen (secondary N) is 1. The lowest BCUT2D eigenvalue weighted by Gasteiger charge is -2.40. The predicted octanol–water partition coefficient (Wildman–Crippen LogP) is 2.27. The van der Waals surface area contributed by atoms with E-state index < -0.39 is 0 Å². The minimum Gasteiger partial charge on any atom is -0.373 e. The summed E-state index contributed by atoms with van der Waals surface area (Å²) in [6.45, 7) is 12.0. The second-order valence-corrected chi connectivity index (χ2v) is 6.55. The van der Waals surface area contributed by atoms with Gasteiger partial charge in [0.25, 0.3) is 0 Å². The lowest BCUT2D eigenvalue weighted by molar-refractivity contribution is -0.0886. The average Bonchev–Trinajstić information content (AvgIpc) is 2.80. The molecule has 0 aromatic heterocycles. The van der Waals surface area contributed by atoms with E-state index in [2.05, 4.69) is 31.0 Å².